The van der Waals surface area contributed by atoms with Gasteiger partial charge in [-0.2, -0.15) is 10.2 Å². The monoisotopic (exact) mass is 466 g/mol. The van der Waals surface area contributed by atoms with Crippen molar-refractivity contribution in [2.24, 2.45) is 5.92 Å². The van der Waals surface area contributed by atoms with E-state index in [-0.39, 0.29) is 5.43 Å². The summed E-state index contributed by atoms with van der Waals surface area (Å²) in [7, 11) is 0. The Bertz CT molecular complexity index is 1480. The van der Waals surface area contributed by atoms with Crippen molar-refractivity contribution in [2.45, 2.75) is 32.2 Å². The molecule has 4 aromatic heterocycles. The van der Waals surface area contributed by atoms with Crippen LogP contribution in [0.2, 0.25) is 0 Å². The number of nitrogens with zero attached hydrogens (tertiary/aromatic N) is 6. The molecule has 0 unspecified atom stereocenters. The number of hydrogen-bond acceptors (Lipinski definition) is 5. The quantitative estimate of drug-likeness (QED) is 0.305. The Morgan fingerprint density at radius 1 is 1.00 bits per heavy atom. The largest absolute Gasteiger partial charge is 0.488 e. The molecule has 0 N–H and O–H groups in total. The second kappa shape index (κ2) is 9.21. The van der Waals surface area contributed by atoms with Gasteiger partial charge in [0, 0.05) is 18.9 Å². The van der Waals surface area contributed by atoms with Gasteiger partial charge in [-0.1, -0.05) is 24.3 Å². The van der Waals surface area contributed by atoms with E-state index in [1.54, 1.807) is 17.1 Å². The highest BCUT2D eigenvalue weighted by atomic mass is 16.5. The number of hydrogen-bond donors (Lipinski definition) is 0. The Hall–Kier alpha value is -4.20. The Morgan fingerprint density at radius 2 is 1.86 bits per heavy atom. The highest BCUT2D eigenvalue weighted by Gasteiger charge is 2.24. The molecule has 0 bridgehead atoms. The minimum absolute atomic E-state index is 0.220. The minimum Gasteiger partial charge on any atom is -0.488 e. The summed E-state index contributed by atoms with van der Waals surface area (Å²) >= 11 is 0. The van der Waals surface area contributed by atoms with Crippen LogP contribution in [0.4, 0.5) is 0 Å². The SMILES string of the molecule is O=c1c(OCCCc2cn3ccccc3n2)cn(CC2CC2)nc1-c1ccnn1-c1ccccc1. The summed E-state index contributed by atoms with van der Waals surface area (Å²) in [5.74, 6) is 0.936. The van der Waals surface area contributed by atoms with E-state index < -0.39 is 0 Å². The summed E-state index contributed by atoms with van der Waals surface area (Å²) < 4.78 is 11.6. The number of ether oxygens (including phenoxy) is 1. The molecule has 6 rings (SSSR count). The lowest BCUT2D eigenvalue weighted by Gasteiger charge is -2.13. The fraction of sp³-hybridized carbons (Fsp3) is 0.259. The van der Waals surface area contributed by atoms with Crippen LogP contribution < -0.4 is 10.2 Å². The average Bonchev–Trinajstić information content (AvgIpc) is 3.39. The van der Waals surface area contributed by atoms with Crippen molar-refractivity contribution in [3.8, 4) is 22.8 Å². The summed E-state index contributed by atoms with van der Waals surface area (Å²) in [5, 5.41) is 9.13. The number of rotatable bonds is 9. The van der Waals surface area contributed by atoms with Crippen molar-refractivity contribution in [2.75, 3.05) is 6.61 Å². The van der Waals surface area contributed by atoms with Crippen molar-refractivity contribution in [1.82, 2.24) is 28.9 Å². The molecular weight excluding hydrogens is 440 g/mol. The van der Waals surface area contributed by atoms with E-state index in [0.717, 1.165) is 36.4 Å². The Kier molecular flexibility index (Phi) is 5.62. The second-order valence-electron chi connectivity index (χ2n) is 8.95. The van der Waals surface area contributed by atoms with E-state index in [9.17, 15) is 4.79 Å². The van der Waals surface area contributed by atoms with Gasteiger partial charge in [0.25, 0.3) is 5.43 Å². The van der Waals surface area contributed by atoms with E-state index >= 15 is 0 Å². The summed E-state index contributed by atoms with van der Waals surface area (Å²) in [5.41, 5.74) is 3.60. The molecule has 1 aliphatic rings. The molecule has 0 atom stereocenters. The molecule has 0 amide bonds. The maximum absolute atomic E-state index is 13.4. The molecule has 1 saturated carbocycles. The van der Waals surface area contributed by atoms with Crippen LogP contribution >= 0.6 is 0 Å². The van der Waals surface area contributed by atoms with Crippen LogP contribution in [0, 0.1) is 5.92 Å². The van der Waals surface area contributed by atoms with Crippen molar-refractivity contribution < 1.29 is 4.74 Å². The number of para-hydroxylation sites is 1. The molecule has 0 radical (unpaired) electrons. The molecule has 8 heteroatoms. The highest BCUT2D eigenvalue weighted by Crippen LogP contribution is 2.31. The molecule has 8 nitrogen and oxygen atoms in total. The van der Waals surface area contributed by atoms with Gasteiger partial charge in [0.15, 0.2) is 11.4 Å². The first kappa shape index (κ1) is 21.3. The third kappa shape index (κ3) is 4.59. The van der Waals surface area contributed by atoms with Crippen molar-refractivity contribution >= 4 is 5.65 Å². The van der Waals surface area contributed by atoms with Gasteiger partial charge in [-0.3, -0.25) is 9.48 Å². The van der Waals surface area contributed by atoms with Gasteiger partial charge in [-0.25, -0.2) is 9.67 Å². The minimum atomic E-state index is -0.220. The van der Waals surface area contributed by atoms with Crippen LogP contribution in [0.3, 0.4) is 0 Å². The van der Waals surface area contributed by atoms with E-state index in [2.05, 4.69) is 10.1 Å². The average molecular weight is 467 g/mol. The van der Waals surface area contributed by atoms with Gasteiger partial charge in [0.2, 0.25) is 0 Å². The Morgan fingerprint density at radius 3 is 2.69 bits per heavy atom. The summed E-state index contributed by atoms with van der Waals surface area (Å²) in [4.78, 5) is 18.1. The second-order valence-corrected chi connectivity index (χ2v) is 8.95. The molecule has 35 heavy (non-hydrogen) atoms. The number of aryl methyl sites for hydroxylation is 1. The predicted octanol–water partition coefficient (Wildman–Crippen LogP) is 4.17. The predicted molar refractivity (Wildman–Crippen MR) is 133 cm³/mol. The molecule has 1 aliphatic carbocycles. The zero-order valence-corrected chi connectivity index (χ0v) is 19.3. The smallest absolute Gasteiger partial charge is 0.251 e. The third-order valence-corrected chi connectivity index (χ3v) is 6.21. The molecule has 5 aromatic rings. The van der Waals surface area contributed by atoms with Crippen LogP contribution in [0.5, 0.6) is 5.75 Å². The van der Waals surface area contributed by atoms with Crippen molar-refractivity contribution in [3.63, 3.8) is 0 Å². The number of pyridine rings is 1. The molecule has 4 heterocycles. The van der Waals surface area contributed by atoms with Crippen LogP contribution in [0.1, 0.15) is 25.0 Å². The lowest BCUT2D eigenvalue weighted by Crippen LogP contribution is -2.20. The molecule has 176 valence electrons. The van der Waals surface area contributed by atoms with Gasteiger partial charge in [0.05, 0.1) is 36.1 Å². The fourth-order valence-corrected chi connectivity index (χ4v) is 4.24. The number of imidazole rings is 1. The zero-order valence-electron chi connectivity index (χ0n) is 19.3. The normalized spacial score (nSPS) is 13.4. The van der Waals surface area contributed by atoms with E-state index in [0.29, 0.717) is 29.7 Å². The van der Waals surface area contributed by atoms with Gasteiger partial charge in [-0.05, 0) is 61.9 Å². The first-order valence-corrected chi connectivity index (χ1v) is 12.0. The molecule has 0 aliphatic heterocycles. The standard InChI is InChI=1S/C27H26N6O2/c34-27-24(35-16-6-7-21-18-31-15-5-4-10-25(31)29-21)19-32(17-20-11-12-20)30-26(27)23-13-14-28-33(23)22-8-2-1-3-9-22/h1-5,8-10,13-15,18-20H,6-7,11-12,16-17H2. The van der Waals surface area contributed by atoms with E-state index in [1.165, 1.54) is 12.8 Å². The fourth-order valence-electron chi connectivity index (χ4n) is 4.24. The molecular formula is C27H26N6O2. The van der Waals surface area contributed by atoms with Crippen molar-refractivity contribution in [3.05, 3.63) is 95.3 Å². The first-order chi connectivity index (χ1) is 17.2. The molecule has 1 fully saturated rings. The Balaban J connectivity index is 1.24. The van der Waals surface area contributed by atoms with Gasteiger partial charge in [-0.15, -0.1) is 0 Å². The summed E-state index contributed by atoms with van der Waals surface area (Å²) in [6, 6.07) is 17.5. The molecule has 1 aromatic carbocycles. The van der Waals surface area contributed by atoms with E-state index in [1.807, 2.05) is 76.1 Å². The maximum Gasteiger partial charge on any atom is 0.251 e. The van der Waals surface area contributed by atoms with Gasteiger partial charge >= 0.3 is 0 Å². The van der Waals surface area contributed by atoms with Gasteiger partial charge in [0.1, 0.15) is 5.65 Å². The third-order valence-electron chi connectivity index (χ3n) is 6.21. The van der Waals surface area contributed by atoms with Crippen LogP contribution in [-0.4, -0.2) is 35.6 Å². The van der Waals surface area contributed by atoms with Crippen LogP contribution in [0.25, 0.3) is 22.7 Å². The highest BCUT2D eigenvalue weighted by molar-refractivity contribution is 5.58. The van der Waals surface area contributed by atoms with Crippen LogP contribution in [0.15, 0.2) is 84.2 Å². The van der Waals surface area contributed by atoms with Gasteiger partial charge < -0.3 is 9.14 Å². The van der Waals surface area contributed by atoms with E-state index in [4.69, 9.17) is 9.84 Å². The first-order valence-electron chi connectivity index (χ1n) is 12.0. The maximum atomic E-state index is 13.4. The summed E-state index contributed by atoms with van der Waals surface area (Å²) in [6.07, 6.45) is 11.4. The number of aromatic nitrogens is 6. The zero-order chi connectivity index (χ0) is 23.6. The lowest BCUT2D eigenvalue weighted by molar-refractivity contribution is 0.302. The molecule has 0 spiro atoms. The topological polar surface area (TPSA) is 79.2 Å². The summed E-state index contributed by atoms with van der Waals surface area (Å²) in [6.45, 7) is 1.21. The number of fused-ring (bicyclic) bond motifs is 1. The van der Waals surface area contributed by atoms with Crippen LogP contribution in [-0.2, 0) is 13.0 Å². The molecule has 0 saturated heterocycles. The lowest BCUT2D eigenvalue weighted by atomic mass is 10.2. The van der Waals surface area contributed by atoms with Crippen molar-refractivity contribution in [1.29, 1.82) is 0 Å². The Labute approximate surface area is 202 Å². The number of benzene rings is 1.